The highest BCUT2D eigenvalue weighted by Gasteiger charge is 2.18. The number of nitrogens with one attached hydrogen (secondary N) is 2. The molecule has 0 unspecified atom stereocenters. The number of hydrogen-bond donors (Lipinski definition) is 2. The Balaban J connectivity index is 2.23. The normalized spacial score (nSPS) is 11.7. The summed E-state index contributed by atoms with van der Waals surface area (Å²) in [4.78, 5) is 12.0. The van der Waals surface area contributed by atoms with E-state index in [1.54, 1.807) is 61.5 Å². The van der Waals surface area contributed by atoms with Gasteiger partial charge in [0.1, 0.15) is 5.75 Å². The van der Waals surface area contributed by atoms with E-state index in [4.69, 9.17) is 4.74 Å². The van der Waals surface area contributed by atoms with Gasteiger partial charge in [0, 0.05) is 17.5 Å². The van der Waals surface area contributed by atoms with Crippen LogP contribution in [0.5, 0.6) is 5.75 Å². The highest BCUT2D eigenvalue weighted by Crippen LogP contribution is 2.24. The van der Waals surface area contributed by atoms with Crippen LogP contribution in [0.1, 0.15) is 12.5 Å². The standard InChI is InChI=1S/C20H22N2O4S/c1-4-5-6-7-20(23)21-17-9-8-15(2)19(14-17)27(24,25)22-16-10-12-18(26-3)13-11-16/h4-14,22H,1-3H3,(H,21,23). The molecule has 142 valence electrons. The molecule has 0 aliphatic heterocycles. The van der Waals surface area contributed by atoms with E-state index in [1.807, 2.05) is 6.92 Å². The number of benzene rings is 2. The summed E-state index contributed by atoms with van der Waals surface area (Å²) in [5.74, 6) is 0.285. The largest absolute Gasteiger partial charge is 0.497 e. The first-order valence-electron chi connectivity index (χ1n) is 8.23. The van der Waals surface area contributed by atoms with Crippen molar-refractivity contribution in [3.63, 3.8) is 0 Å². The van der Waals surface area contributed by atoms with Crippen LogP contribution in [-0.2, 0) is 14.8 Å². The fourth-order valence-corrected chi connectivity index (χ4v) is 3.60. The Hall–Kier alpha value is -3.06. The molecule has 6 nitrogen and oxygen atoms in total. The van der Waals surface area contributed by atoms with E-state index in [0.717, 1.165) is 0 Å². The van der Waals surface area contributed by atoms with Crippen LogP contribution in [0.4, 0.5) is 11.4 Å². The molecule has 0 saturated heterocycles. The molecular formula is C20H22N2O4S. The molecule has 27 heavy (non-hydrogen) atoms. The molecular weight excluding hydrogens is 364 g/mol. The Morgan fingerprint density at radius 3 is 2.33 bits per heavy atom. The lowest BCUT2D eigenvalue weighted by Crippen LogP contribution is -2.15. The number of amides is 1. The highest BCUT2D eigenvalue weighted by atomic mass is 32.2. The average Bonchev–Trinajstić information content (AvgIpc) is 2.64. The van der Waals surface area contributed by atoms with Gasteiger partial charge in [-0.05, 0) is 55.8 Å². The first-order valence-corrected chi connectivity index (χ1v) is 9.72. The number of ether oxygens (including phenoxy) is 1. The van der Waals surface area contributed by atoms with Crippen molar-refractivity contribution in [3.05, 3.63) is 72.3 Å². The van der Waals surface area contributed by atoms with Crippen LogP contribution in [0.3, 0.4) is 0 Å². The van der Waals surface area contributed by atoms with Crippen molar-refractivity contribution in [3.8, 4) is 5.75 Å². The van der Waals surface area contributed by atoms with Crippen LogP contribution in [0, 0.1) is 6.92 Å². The minimum absolute atomic E-state index is 0.0913. The molecule has 1 amide bonds. The number of methoxy groups -OCH3 is 1. The van der Waals surface area contributed by atoms with Gasteiger partial charge >= 0.3 is 0 Å². The number of hydrogen-bond acceptors (Lipinski definition) is 4. The van der Waals surface area contributed by atoms with E-state index in [9.17, 15) is 13.2 Å². The molecule has 2 aromatic rings. The van der Waals surface area contributed by atoms with E-state index in [0.29, 0.717) is 22.7 Å². The van der Waals surface area contributed by atoms with E-state index < -0.39 is 10.0 Å². The Bertz CT molecular complexity index is 962. The first-order chi connectivity index (χ1) is 12.9. The summed E-state index contributed by atoms with van der Waals surface area (Å²) in [6.07, 6.45) is 6.49. The number of rotatable bonds is 7. The molecule has 7 heteroatoms. The van der Waals surface area contributed by atoms with Crippen molar-refractivity contribution < 1.29 is 17.9 Å². The van der Waals surface area contributed by atoms with Crippen molar-refractivity contribution in [2.24, 2.45) is 0 Å². The number of allylic oxidation sites excluding steroid dienone is 3. The maximum atomic E-state index is 12.7. The Morgan fingerprint density at radius 1 is 1.04 bits per heavy atom. The van der Waals surface area contributed by atoms with Gasteiger partial charge in [0.05, 0.1) is 12.0 Å². The minimum atomic E-state index is -3.81. The molecule has 0 spiro atoms. The van der Waals surface area contributed by atoms with Crippen LogP contribution < -0.4 is 14.8 Å². The second kappa shape index (κ2) is 9.05. The van der Waals surface area contributed by atoms with Gasteiger partial charge in [-0.25, -0.2) is 8.42 Å². The van der Waals surface area contributed by atoms with Gasteiger partial charge < -0.3 is 10.1 Å². The molecule has 0 aliphatic carbocycles. The van der Waals surface area contributed by atoms with Crippen LogP contribution in [0.25, 0.3) is 0 Å². The zero-order chi connectivity index (χ0) is 19.9. The van der Waals surface area contributed by atoms with Gasteiger partial charge in [-0.3, -0.25) is 9.52 Å². The van der Waals surface area contributed by atoms with E-state index in [2.05, 4.69) is 10.0 Å². The van der Waals surface area contributed by atoms with Gasteiger partial charge in [0.2, 0.25) is 5.91 Å². The van der Waals surface area contributed by atoms with Gasteiger partial charge in [-0.1, -0.05) is 24.3 Å². The molecule has 0 atom stereocenters. The van der Waals surface area contributed by atoms with Crippen LogP contribution in [-0.4, -0.2) is 21.4 Å². The Labute approximate surface area is 159 Å². The molecule has 0 saturated carbocycles. The monoisotopic (exact) mass is 386 g/mol. The lowest BCUT2D eigenvalue weighted by molar-refractivity contribution is -0.111. The SMILES string of the molecule is CC=CC=CC(=O)Nc1ccc(C)c(S(=O)(=O)Nc2ccc(OC)cc2)c1. The zero-order valence-corrected chi connectivity index (χ0v) is 16.2. The summed E-state index contributed by atoms with van der Waals surface area (Å²) in [6.45, 7) is 3.54. The summed E-state index contributed by atoms with van der Waals surface area (Å²) in [5, 5.41) is 2.65. The fourth-order valence-electron chi connectivity index (χ4n) is 2.27. The molecule has 2 N–H and O–H groups in total. The van der Waals surface area contributed by atoms with Crippen LogP contribution in [0.2, 0.25) is 0 Å². The quantitative estimate of drug-likeness (QED) is 0.559. The molecule has 0 aliphatic rings. The molecule has 2 rings (SSSR count). The summed E-state index contributed by atoms with van der Waals surface area (Å²) >= 11 is 0. The van der Waals surface area contributed by atoms with Gasteiger partial charge in [-0.15, -0.1) is 0 Å². The topological polar surface area (TPSA) is 84.5 Å². The summed E-state index contributed by atoms with van der Waals surface area (Å²) in [6, 6.07) is 11.3. The predicted octanol–water partition coefficient (Wildman–Crippen LogP) is 3.88. The molecule has 0 fully saturated rings. The third kappa shape index (κ3) is 5.72. The second-order valence-corrected chi connectivity index (χ2v) is 7.34. The smallest absolute Gasteiger partial charge is 0.262 e. The van der Waals surface area contributed by atoms with Crippen molar-refractivity contribution in [2.75, 3.05) is 17.1 Å². The van der Waals surface area contributed by atoms with Crippen molar-refractivity contribution in [1.29, 1.82) is 0 Å². The Kier molecular flexibility index (Phi) is 6.79. The third-order valence-electron chi connectivity index (χ3n) is 3.64. The summed E-state index contributed by atoms with van der Waals surface area (Å²) in [5.41, 5.74) is 1.38. The third-order valence-corrected chi connectivity index (χ3v) is 5.16. The zero-order valence-electron chi connectivity index (χ0n) is 15.4. The highest BCUT2D eigenvalue weighted by molar-refractivity contribution is 7.92. The number of carbonyl (C=O) groups excluding carboxylic acids is 1. The summed E-state index contributed by atoms with van der Waals surface area (Å²) < 4.78 is 33.1. The maximum Gasteiger partial charge on any atom is 0.262 e. The van der Waals surface area contributed by atoms with Crippen molar-refractivity contribution in [1.82, 2.24) is 0 Å². The maximum absolute atomic E-state index is 12.7. The lowest BCUT2D eigenvalue weighted by Gasteiger charge is -2.12. The molecule has 0 heterocycles. The van der Waals surface area contributed by atoms with Crippen LogP contribution in [0.15, 0.2) is 71.7 Å². The Morgan fingerprint density at radius 2 is 1.70 bits per heavy atom. The van der Waals surface area contributed by atoms with E-state index in [-0.39, 0.29) is 10.8 Å². The fraction of sp³-hybridized carbons (Fsp3) is 0.150. The molecule has 0 radical (unpaired) electrons. The van der Waals surface area contributed by atoms with E-state index in [1.165, 1.54) is 19.3 Å². The summed E-state index contributed by atoms with van der Waals surface area (Å²) in [7, 11) is -2.28. The van der Waals surface area contributed by atoms with E-state index >= 15 is 0 Å². The minimum Gasteiger partial charge on any atom is -0.497 e. The number of anilines is 2. The second-order valence-electron chi connectivity index (χ2n) is 5.69. The van der Waals surface area contributed by atoms with Crippen molar-refractivity contribution >= 4 is 27.3 Å². The average molecular weight is 386 g/mol. The lowest BCUT2D eigenvalue weighted by atomic mass is 10.2. The number of sulfonamides is 1. The predicted molar refractivity (Wildman–Crippen MR) is 108 cm³/mol. The first kappa shape index (κ1) is 20.3. The van der Waals surface area contributed by atoms with Gasteiger partial charge in [0.15, 0.2) is 0 Å². The van der Waals surface area contributed by atoms with Crippen LogP contribution >= 0.6 is 0 Å². The molecule has 0 aromatic heterocycles. The van der Waals surface area contributed by atoms with Gasteiger partial charge in [-0.2, -0.15) is 0 Å². The van der Waals surface area contributed by atoms with Gasteiger partial charge in [0.25, 0.3) is 10.0 Å². The van der Waals surface area contributed by atoms with Crippen molar-refractivity contribution in [2.45, 2.75) is 18.7 Å². The molecule has 0 bridgehead atoms. The number of carbonyl (C=O) groups is 1. The number of aryl methyl sites for hydroxylation is 1. The molecule has 2 aromatic carbocycles.